The lowest BCUT2D eigenvalue weighted by Crippen LogP contribution is -1.99. The monoisotopic (exact) mass is 426 g/mol. The fourth-order valence-electron chi connectivity index (χ4n) is 3.68. The van der Waals surface area contributed by atoms with Gasteiger partial charge in [0.2, 0.25) is 0 Å². The number of carboxylic acid groups (broad SMARTS) is 1. The molecule has 0 radical (unpaired) electrons. The van der Waals surface area contributed by atoms with E-state index in [1.165, 1.54) is 22.1 Å². The van der Waals surface area contributed by atoms with E-state index in [0.717, 1.165) is 21.6 Å². The lowest BCUT2D eigenvalue weighted by Gasteiger charge is -2.11. The highest BCUT2D eigenvalue weighted by atomic mass is 32.1. The first-order valence-electron chi connectivity index (χ1n) is 9.85. The summed E-state index contributed by atoms with van der Waals surface area (Å²) in [5.41, 5.74) is 2.93. The van der Waals surface area contributed by atoms with Crippen molar-refractivity contribution in [2.75, 3.05) is 0 Å². The molecule has 6 heteroatoms. The molecule has 152 valence electrons. The largest absolute Gasteiger partial charge is 0.477 e. The summed E-state index contributed by atoms with van der Waals surface area (Å²) in [4.78, 5) is 17.0. The molecule has 5 nitrogen and oxygen atoms in total. The van der Waals surface area contributed by atoms with Crippen molar-refractivity contribution in [3.8, 4) is 21.9 Å². The summed E-state index contributed by atoms with van der Waals surface area (Å²) in [7, 11) is 0. The predicted molar refractivity (Wildman–Crippen MR) is 121 cm³/mol. The second-order valence-corrected chi connectivity index (χ2v) is 8.38. The van der Waals surface area contributed by atoms with Gasteiger partial charge < -0.3 is 9.63 Å². The molecule has 3 aromatic carbocycles. The van der Waals surface area contributed by atoms with E-state index in [2.05, 4.69) is 41.3 Å². The van der Waals surface area contributed by atoms with E-state index in [9.17, 15) is 4.79 Å². The fourth-order valence-corrected chi connectivity index (χ4v) is 4.53. The molecule has 0 saturated carbocycles. The second-order valence-electron chi connectivity index (χ2n) is 7.29. The second kappa shape index (κ2) is 7.81. The SMILES string of the molecule is CC(c1noc(-c2ccc(-c3ccc(C(=O)O)s3)cc2)n1)c1cccc2ccccc12. The van der Waals surface area contributed by atoms with Gasteiger partial charge in [0.05, 0.1) is 0 Å². The Hall–Kier alpha value is -3.77. The van der Waals surface area contributed by atoms with Crippen LogP contribution in [-0.4, -0.2) is 21.2 Å². The lowest BCUT2D eigenvalue weighted by atomic mass is 9.94. The van der Waals surface area contributed by atoms with Crippen molar-refractivity contribution < 1.29 is 14.4 Å². The Morgan fingerprint density at radius 1 is 0.935 bits per heavy atom. The first-order chi connectivity index (χ1) is 15.1. The van der Waals surface area contributed by atoms with E-state index >= 15 is 0 Å². The van der Waals surface area contributed by atoms with Crippen molar-refractivity contribution in [1.82, 2.24) is 10.1 Å². The zero-order valence-corrected chi connectivity index (χ0v) is 17.5. The number of hydrogen-bond donors (Lipinski definition) is 1. The van der Waals surface area contributed by atoms with Gasteiger partial charge >= 0.3 is 5.97 Å². The molecule has 0 aliphatic carbocycles. The summed E-state index contributed by atoms with van der Waals surface area (Å²) >= 11 is 1.25. The molecule has 5 aromatic rings. The highest BCUT2D eigenvalue weighted by molar-refractivity contribution is 7.17. The van der Waals surface area contributed by atoms with Gasteiger partial charge in [-0.2, -0.15) is 4.98 Å². The fraction of sp³-hybridized carbons (Fsp3) is 0.0800. The van der Waals surface area contributed by atoms with Crippen LogP contribution < -0.4 is 0 Å². The van der Waals surface area contributed by atoms with Crippen LogP contribution in [-0.2, 0) is 0 Å². The standard InChI is InChI=1S/C25H18N2O3S/c1-15(19-8-4-6-16-5-2-3-7-20(16)19)23-26-24(30-27-23)18-11-9-17(10-12-18)21-13-14-22(31-21)25(28)29/h2-15H,1H3,(H,28,29). The molecule has 1 atom stereocenters. The van der Waals surface area contributed by atoms with Crippen molar-refractivity contribution in [2.24, 2.45) is 0 Å². The summed E-state index contributed by atoms with van der Waals surface area (Å²) in [5, 5.41) is 15.7. The molecular formula is C25H18N2O3S. The summed E-state index contributed by atoms with van der Waals surface area (Å²) in [6, 6.07) is 25.7. The van der Waals surface area contributed by atoms with E-state index in [-0.39, 0.29) is 5.92 Å². The number of thiophene rings is 1. The maximum absolute atomic E-state index is 11.1. The molecule has 5 rings (SSSR count). The number of aromatic nitrogens is 2. The van der Waals surface area contributed by atoms with E-state index in [4.69, 9.17) is 9.63 Å². The highest BCUT2D eigenvalue weighted by Gasteiger charge is 2.18. The minimum atomic E-state index is -0.911. The molecule has 0 aliphatic rings. The third-order valence-electron chi connectivity index (χ3n) is 5.35. The predicted octanol–water partition coefficient (Wildman–Crippen LogP) is 6.47. The summed E-state index contributed by atoms with van der Waals surface area (Å²) in [6.07, 6.45) is 0. The van der Waals surface area contributed by atoms with Crippen molar-refractivity contribution in [2.45, 2.75) is 12.8 Å². The van der Waals surface area contributed by atoms with Crippen LogP contribution in [0.15, 0.2) is 83.4 Å². The molecule has 1 unspecified atom stereocenters. The van der Waals surface area contributed by atoms with Crippen LogP contribution in [0.2, 0.25) is 0 Å². The molecule has 0 spiro atoms. The van der Waals surface area contributed by atoms with Crippen molar-refractivity contribution in [3.63, 3.8) is 0 Å². The Bertz CT molecular complexity index is 1380. The molecular weight excluding hydrogens is 408 g/mol. The third kappa shape index (κ3) is 3.62. The molecule has 1 N–H and O–H groups in total. The number of carbonyl (C=O) groups is 1. The lowest BCUT2D eigenvalue weighted by molar-refractivity contribution is 0.0702. The molecule has 0 amide bonds. The minimum absolute atomic E-state index is 0.0107. The van der Waals surface area contributed by atoms with E-state index < -0.39 is 5.97 Å². The van der Waals surface area contributed by atoms with Gasteiger partial charge in [-0.05, 0) is 46.2 Å². The Kier molecular flexibility index (Phi) is 4.84. The molecule has 31 heavy (non-hydrogen) atoms. The van der Waals surface area contributed by atoms with Crippen molar-refractivity contribution in [1.29, 1.82) is 0 Å². The molecule has 0 aliphatic heterocycles. The van der Waals surface area contributed by atoms with E-state index in [1.54, 1.807) is 6.07 Å². The van der Waals surface area contributed by atoms with Gasteiger partial charge in [-0.25, -0.2) is 4.79 Å². The Morgan fingerprint density at radius 3 is 2.45 bits per heavy atom. The van der Waals surface area contributed by atoms with Crippen LogP contribution >= 0.6 is 11.3 Å². The van der Waals surface area contributed by atoms with Crippen molar-refractivity contribution in [3.05, 3.63) is 95.1 Å². The van der Waals surface area contributed by atoms with Crippen LogP contribution in [0.3, 0.4) is 0 Å². The number of fused-ring (bicyclic) bond motifs is 1. The molecule has 0 fully saturated rings. The Morgan fingerprint density at radius 2 is 1.68 bits per heavy atom. The highest BCUT2D eigenvalue weighted by Crippen LogP contribution is 2.32. The van der Waals surface area contributed by atoms with Gasteiger partial charge in [0.15, 0.2) is 5.82 Å². The average molecular weight is 426 g/mol. The Balaban J connectivity index is 1.41. The number of rotatable bonds is 5. The van der Waals surface area contributed by atoms with Crippen LogP contribution in [0, 0.1) is 0 Å². The summed E-state index contributed by atoms with van der Waals surface area (Å²) in [5.74, 6) is 0.181. The first-order valence-corrected chi connectivity index (χ1v) is 10.7. The van der Waals surface area contributed by atoms with Gasteiger partial charge in [0, 0.05) is 16.4 Å². The van der Waals surface area contributed by atoms with Gasteiger partial charge in [0.1, 0.15) is 4.88 Å². The quantitative estimate of drug-likeness (QED) is 0.349. The topological polar surface area (TPSA) is 76.2 Å². The van der Waals surface area contributed by atoms with Gasteiger partial charge in [-0.3, -0.25) is 0 Å². The minimum Gasteiger partial charge on any atom is -0.477 e. The van der Waals surface area contributed by atoms with Gasteiger partial charge in [0.25, 0.3) is 5.89 Å². The Labute approximate surface area is 182 Å². The maximum atomic E-state index is 11.1. The molecule has 2 heterocycles. The smallest absolute Gasteiger partial charge is 0.345 e. The zero-order valence-electron chi connectivity index (χ0n) is 16.6. The van der Waals surface area contributed by atoms with Gasteiger partial charge in [-0.15, -0.1) is 11.3 Å². The average Bonchev–Trinajstić information content (AvgIpc) is 3.49. The number of aromatic carboxylic acids is 1. The number of carboxylic acids is 1. The van der Waals surface area contributed by atoms with Crippen molar-refractivity contribution >= 4 is 28.1 Å². The summed E-state index contributed by atoms with van der Waals surface area (Å²) < 4.78 is 5.55. The molecule has 2 aromatic heterocycles. The maximum Gasteiger partial charge on any atom is 0.345 e. The third-order valence-corrected chi connectivity index (χ3v) is 6.47. The van der Waals surface area contributed by atoms with Crippen LogP contribution in [0.25, 0.3) is 32.7 Å². The van der Waals surface area contributed by atoms with Crippen LogP contribution in [0.5, 0.6) is 0 Å². The number of nitrogens with zero attached hydrogens (tertiary/aromatic N) is 2. The first kappa shape index (κ1) is 19.2. The summed E-state index contributed by atoms with van der Waals surface area (Å²) in [6.45, 7) is 2.08. The van der Waals surface area contributed by atoms with Crippen LogP contribution in [0.4, 0.5) is 0 Å². The zero-order chi connectivity index (χ0) is 21.4. The normalized spacial score (nSPS) is 12.2. The number of hydrogen-bond acceptors (Lipinski definition) is 5. The van der Waals surface area contributed by atoms with E-state index in [0.29, 0.717) is 16.6 Å². The molecule has 0 bridgehead atoms. The number of benzene rings is 3. The van der Waals surface area contributed by atoms with E-state index in [1.807, 2.05) is 48.5 Å². The van der Waals surface area contributed by atoms with Crippen LogP contribution in [0.1, 0.15) is 33.9 Å². The molecule has 0 saturated heterocycles. The van der Waals surface area contributed by atoms with Gasteiger partial charge in [-0.1, -0.05) is 66.7 Å².